The molecule has 2 aliphatic carbocycles. The van der Waals surface area contributed by atoms with Crippen molar-refractivity contribution in [2.75, 3.05) is 0 Å². The van der Waals surface area contributed by atoms with Crippen LogP contribution >= 0.6 is 0 Å². The third kappa shape index (κ3) is 5.24. The average molecular weight is 380 g/mol. The van der Waals surface area contributed by atoms with E-state index in [1.54, 1.807) is 6.92 Å². The minimum Gasteiger partial charge on any atom is -0.369 e. The molecule has 2 saturated carbocycles. The molecule has 0 heterocycles. The second-order valence-electron chi connectivity index (χ2n) is 9.76. The van der Waals surface area contributed by atoms with E-state index in [1.165, 1.54) is 19.3 Å². The van der Waals surface area contributed by atoms with Gasteiger partial charge in [-0.25, -0.2) is 0 Å². The van der Waals surface area contributed by atoms with Gasteiger partial charge in [-0.15, -0.1) is 0 Å². The number of carbonyl (C=O) groups is 2. The molecule has 0 radical (unpaired) electrons. The van der Waals surface area contributed by atoms with Gasteiger partial charge < -0.3 is 16.8 Å². The van der Waals surface area contributed by atoms with Crippen LogP contribution in [0.4, 0.5) is 0 Å². The lowest BCUT2D eigenvalue weighted by Gasteiger charge is -2.49. The highest BCUT2D eigenvalue weighted by molar-refractivity contribution is 5.83. The normalized spacial score (nSPS) is 32.1. The molecule has 0 saturated heterocycles. The van der Waals surface area contributed by atoms with Gasteiger partial charge in [0.2, 0.25) is 11.8 Å². The van der Waals surface area contributed by atoms with Gasteiger partial charge in [0.25, 0.3) is 0 Å². The largest absolute Gasteiger partial charge is 0.369 e. The van der Waals surface area contributed by atoms with Crippen LogP contribution in [0.25, 0.3) is 0 Å². The van der Waals surface area contributed by atoms with E-state index in [0.717, 1.165) is 32.1 Å². The van der Waals surface area contributed by atoms with E-state index in [1.807, 2.05) is 0 Å². The highest BCUT2D eigenvalue weighted by atomic mass is 16.2. The zero-order valence-electron chi connectivity index (χ0n) is 17.8. The summed E-state index contributed by atoms with van der Waals surface area (Å²) < 4.78 is 0. The summed E-state index contributed by atoms with van der Waals surface area (Å²) in [5.74, 6) is 1.30. The molecule has 0 aromatic heterocycles. The van der Waals surface area contributed by atoms with Crippen molar-refractivity contribution in [3.05, 3.63) is 0 Å². The summed E-state index contributed by atoms with van der Waals surface area (Å²) in [6.45, 7) is 8.35. The molecule has 0 spiro atoms. The van der Waals surface area contributed by atoms with E-state index in [4.69, 9.17) is 11.5 Å². The fourth-order valence-corrected chi connectivity index (χ4v) is 5.78. The summed E-state index contributed by atoms with van der Waals surface area (Å²) in [4.78, 5) is 25.3. The number of nitrogens with one attached hydrogen (secondary N) is 1. The molecule has 2 aliphatic rings. The summed E-state index contributed by atoms with van der Waals surface area (Å²) >= 11 is 0. The van der Waals surface area contributed by atoms with Gasteiger partial charge in [-0.3, -0.25) is 9.59 Å². The maximum atomic E-state index is 12.9. The molecule has 5 atom stereocenters. The molecule has 5 nitrogen and oxygen atoms in total. The lowest BCUT2D eigenvalue weighted by Crippen LogP contribution is -2.55. The first-order chi connectivity index (χ1) is 12.7. The van der Waals surface area contributed by atoms with Crippen molar-refractivity contribution in [3.8, 4) is 0 Å². The fraction of sp³-hybridized carbons (Fsp3) is 0.909. The summed E-state index contributed by atoms with van der Waals surface area (Å²) in [5.41, 5.74) is 11.4. The van der Waals surface area contributed by atoms with Gasteiger partial charge in [0.05, 0.1) is 11.5 Å². The van der Waals surface area contributed by atoms with Crippen molar-refractivity contribution in [1.29, 1.82) is 0 Å². The standard InChI is InChI=1S/C22H41N3O2/c1-14(2)18-11-10-15(3)12-22(18,21(24)27)13-19(25-20(26)16(4)23)17-8-6-5-7-9-17/h14-19H,5-13,23H2,1-4H3,(H2,24,27)(H,25,26)/t15?,16-,18?,19-,22?/m0/s1. The highest BCUT2D eigenvalue weighted by Gasteiger charge is 2.50. The van der Waals surface area contributed by atoms with Crippen molar-refractivity contribution >= 4 is 11.8 Å². The fourth-order valence-electron chi connectivity index (χ4n) is 5.78. The van der Waals surface area contributed by atoms with Gasteiger partial charge in [0.15, 0.2) is 0 Å². The maximum absolute atomic E-state index is 12.9. The molecule has 27 heavy (non-hydrogen) atoms. The lowest BCUT2D eigenvalue weighted by atomic mass is 9.56. The summed E-state index contributed by atoms with van der Waals surface area (Å²) in [6.07, 6.45) is 9.57. The quantitative estimate of drug-likeness (QED) is 0.632. The van der Waals surface area contributed by atoms with Crippen LogP contribution in [-0.4, -0.2) is 23.9 Å². The number of hydrogen-bond donors (Lipinski definition) is 3. The number of nitrogens with two attached hydrogens (primary N) is 2. The third-order valence-electron chi connectivity index (χ3n) is 7.23. The predicted octanol–water partition coefficient (Wildman–Crippen LogP) is 3.35. The highest BCUT2D eigenvalue weighted by Crippen LogP contribution is 2.51. The summed E-state index contributed by atoms with van der Waals surface area (Å²) in [6, 6.07) is -0.547. The van der Waals surface area contributed by atoms with E-state index < -0.39 is 11.5 Å². The van der Waals surface area contributed by atoms with Crippen LogP contribution in [0.15, 0.2) is 0 Å². The van der Waals surface area contributed by atoms with Crippen LogP contribution in [-0.2, 0) is 9.59 Å². The molecule has 2 amide bonds. The van der Waals surface area contributed by atoms with Gasteiger partial charge in [-0.2, -0.15) is 0 Å². The Kier molecular flexibility index (Phi) is 7.73. The third-order valence-corrected chi connectivity index (χ3v) is 7.23. The maximum Gasteiger partial charge on any atom is 0.236 e. The summed E-state index contributed by atoms with van der Waals surface area (Å²) in [5, 5.41) is 3.22. The van der Waals surface area contributed by atoms with E-state index in [9.17, 15) is 9.59 Å². The van der Waals surface area contributed by atoms with Crippen molar-refractivity contribution in [3.63, 3.8) is 0 Å². The van der Waals surface area contributed by atoms with Crippen LogP contribution in [0.3, 0.4) is 0 Å². The first-order valence-electron chi connectivity index (χ1n) is 11.0. The minimum absolute atomic E-state index is 0.0112. The molecule has 2 fully saturated rings. The Labute approximate surface area is 165 Å². The number of rotatable bonds is 7. The van der Waals surface area contributed by atoms with Crippen molar-refractivity contribution in [1.82, 2.24) is 5.32 Å². The Morgan fingerprint density at radius 1 is 1.07 bits per heavy atom. The Bertz CT molecular complexity index is 514. The Hall–Kier alpha value is -1.10. The first-order valence-corrected chi connectivity index (χ1v) is 11.0. The van der Waals surface area contributed by atoms with E-state index in [-0.39, 0.29) is 23.8 Å². The van der Waals surface area contributed by atoms with Gasteiger partial charge in [0.1, 0.15) is 0 Å². The number of hydrogen-bond acceptors (Lipinski definition) is 3. The van der Waals surface area contributed by atoms with Crippen LogP contribution in [0.5, 0.6) is 0 Å². The van der Waals surface area contributed by atoms with E-state index >= 15 is 0 Å². The monoisotopic (exact) mass is 379 g/mol. The van der Waals surface area contributed by atoms with Crippen molar-refractivity contribution in [2.24, 2.45) is 40.6 Å². The Morgan fingerprint density at radius 3 is 2.22 bits per heavy atom. The van der Waals surface area contributed by atoms with Gasteiger partial charge in [0, 0.05) is 6.04 Å². The topological polar surface area (TPSA) is 98.2 Å². The van der Waals surface area contributed by atoms with Crippen LogP contribution < -0.4 is 16.8 Å². The van der Waals surface area contributed by atoms with Crippen LogP contribution in [0, 0.1) is 29.1 Å². The molecule has 0 aromatic carbocycles. The zero-order chi connectivity index (χ0) is 20.2. The van der Waals surface area contributed by atoms with Crippen molar-refractivity contribution in [2.45, 2.75) is 97.6 Å². The molecule has 0 aromatic rings. The van der Waals surface area contributed by atoms with Gasteiger partial charge >= 0.3 is 0 Å². The smallest absolute Gasteiger partial charge is 0.236 e. The van der Waals surface area contributed by atoms with E-state index in [0.29, 0.717) is 24.2 Å². The minimum atomic E-state index is -0.535. The number of amides is 2. The van der Waals surface area contributed by atoms with Gasteiger partial charge in [-0.05, 0) is 62.7 Å². The Balaban J connectivity index is 2.33. The van der Waals surface area contributed by atoms with Crippen LogP contribution in [0.1, 0.15) is 85.5 Å². The molecular weight excluding hydrogens is 338 g/mol. The zero-order valence-corrected chi connectivity index (χ0v) is 17.8. The van der Waals surface area contributed by atoms with Gasteiger partial charge in [-0.1, -0.05) is 46.5 Å². The summed E-state index contributed by atoms with van der Waals surface area (Å²) in [7, 11) is 0. The van der Waals surface area contributed by atoms with Crippen molar-refractivity contribution < 1.29 is 9.59 Å². The van der Waals surface area contributed by atoms with Crippen LogP contribution in [0.2, 0.25) is 0 Å². The molecule has 2 rings (SSSR count). The molecule has 5 heteroatoms. The number of carbonyl (C=O) groups excluding carboxylic acids is 2. The number of primary amides is 1. The molecule has 3 unspecified atom stereocenters. The second-order valence-corrected chi connectivity index (χ2v) is 9.76. The molecule has 5 N–H and O–H groups in total. The second kappa shape index (κ2) is 9.40. The molecule has 156 valence electrons. The lowest BCUT2D eigenvalue weighted by molar-refractivity contribution is -0.139. The van der Waals surface area contributed by atoms with E-state index in [2.05, 4.69) is 26.1 Å². The average Bonchev–Trinajstić information content (AvgIpc) is 2.61. The SMILES string of the molecule is CC1CCC(C(C)C)C(C[C@H](NC(=O)[C@H](C)N)C2CCCCC2)(C(N)=O)C1. The first kappa shape index (κ1) is 22.2. The molecule has 0 bridgehead atoms. The Morgan fingerprint density at radius 2 is 1.70 bits per heavy atom. The molecular formula is C22H41N3O2. The molecule has 0 aliphatic heterocycles. The predicted molar refractivity (Wildman–Crippen MR) is 110 cm³/mol.